The quantitative estimate of drug-likeness (QED) is 0.642. The first-order valence-electron chi connectivity index (χ1n) is 8.73. The van der Waals surface area contributed by atoms with Crippen molar-refractivity contribution in [2.24, 2.45) is 16.5 Å². The van der Waals surface area contributed by atoms with Crippen molar-refractivity contribution < 1.29 is 9.90 Å². The van der Waals surface area contributed by atoms with Gasteiger partial charge in [-0.05, 0) is 38.0 Å². The summed E-state index contributed by atoms with van der Waals surface area (Å²) >= 11 is 0. The van der Waals surface area contributed by atoms with Gasteiger partial charge in [0.2, 0.25) is 0 Å². The first-order valence-corrected chi connectivity index (χ1v) is 8.73. The Morgan fingerprint density at radius 3 is 2.48 bits per heavy atom. The van der Waals surface area contributed by atoms with Gasteiger partial charge in [-0.15, -0.1) is 0 Å². The second-order valence-electron chi connectivity index (χ2n) is 6.26. The van der Waals surface area contributed by atoms with Gasteiger partial charge in [-0.25, -0.2) is 4.99 Å². The van der Waals surface area contributed by atoms with Crippen LogP contribution in [-0.2, 0) is 4.79 Å². The molecule has 0 aromatic heterocycles. The van der Waals surface area contributed by atoms with Gasteiger partial charge in [0.05, 0.1) is 11.3 Å². The Morgan fingerprint density at radius 1 is 1.30 bits per heavy atom. The van der Waals surface area contributed by atoms with Crippen LogP contribution in [0, 0.1) is 6.92 Å². The second kappa shape index (κ2) is 9.00. The van der Waals surface area contributed by atoms with E-state index in [2.05, 4.69) is 11.6 Å². The number of benzene rings is 1. The summed E-state index contributed by atoms with van der Waals surface area (Å²) in [5.41, 5.74) is 16.2. The van der Waals surface area contributed by atoms with Crippen molar-refractivity contribution in [1.82, 2.24) is 4.90 Å². The molecule has 0 spiro atoms. The highest BCUT2D eigenvalue weighted by molar-refractivity contribution is 6.19. The van der Waals surface area contributed by atoms with E-state index in [4.69, 9.17) is 11.5 Å². The molecular weight excluding hydrogens is 340 g/mol. The minimum Gasteiger partial charge on any atom is -0.396 e. The lowest BCUT2D eigenvalue weighted by molar-refractivity contribution is -0.112. The molecule has 0 radical (unpaired) electrons. The van der Waals surface area contributed by atoms with E-state index in [-0.39, 0.29) is 18.2 Å². The minimum atomic E-state index is -0.0757. The molecule has 1 aliphatic rings. The van der Waals surface area contributed by atoms with E-state index in [1.54, 1.807) is 6.08 Å². The molecule has 6 heteroatoms. The predicted molar refractivity (Wildman–Crippen MR) is 109 cm³/mol. The largest absolute Gasteiger partial charge is 0.396 e. The van der Waals surface area contributed by atoms with Crippen molar-refractivity contribution in [2.75, 3.05) is 13.2 Å². The van der Waals surface area contributed by atoms with Gasteiger partial charge in [-0.1, -0.05) is 36.4 Å². The lowest BCUT2D eigenvalue weighted by atomic mass is 9.97. The number of aliphatic imine (C=N–C) groups is 1. The molecular formula is C21H26N4O2. The number of hydrogen-bond donors (Lipinski definition) is 3. The van der Waals surface area contributed by atoms with Gasteiger partial charge in [0.25, 0.3) is 0 Å². The molecule has 6 nitrogen and oxygen atoms in total. The average molecular weight is 366 g/mol. The van der Waals surface area contributed by atoms with Crippen LogP contribution in [0.2, 0.25) is 0 Å². The zero-order valence-corrected chi connectivity index (χ0v) is 15.8. The highest BCUT2D eigenvalue weighted by Crippen LogP contribution is 2.38. The molecule has 0 bridgehead atoms. The number of aliphatic hydroxyl groups is 1. The van der Waals surface area contributed by atoms with Crippen LogP contribution in [0.15, 0.2) is 71.3 Å². The van der Waals surface area contributed by atoms with Gasteiger partial charge < -0.3 is 21.5 Å². The van der Waals surface area contributed by atoms with E-state index in [1.165, 1.54) is 19.2 Å². The number of allylic oxidation sites excluding steroid dienone is 2. The van der Waals surface area contributed by atoms with Gasteiger partial charge >= 0.3 is 0 Å². The predicted octanol–water partition coefficient (Wildman–Crippen LogP) is 2.22. The molecule has 2 rings (SSSR count). The molecule has 0 fully saturated rings. The van der Waals surface area contributed by atoms with Crippen LogP contribution in [0.5, 0.6) is 0 Å². The smallest absolute Gasteiger partial charge is 0.152 e. The Morgan fingerprint density at radius 2 is 1.96 bits per heavy atom. The summed E-state index contributed by atoms with van der Waals surface area (Å²) in [6.45, 7) is 7.70. The number of nitrogens with two attached hydrogens (primary N) is 2. The maximum atomic E-state index is 11.6. The number of aryl methyl sites for hydroxylation is 1. The first-order chi connectivity index (χ1) is 12.9. The molecule has 0 unspecified atom stereocenters. The highest BCUT2D eigenvalue weighted by atomic mass is 16.3. The monoisotopic (exact) mass is 366 g/mol. The first kappa shape index (κ1) is 20.2. The molecule has 0 saturated heterocycles. The van der Waals surface area contributed by atoms with Crippen LogP contribution < -0.4 is 11.5 Å². The molecule has 0 atom stereocenters. The fourth-order valence-electron chi connectivity index (χ4n) is 2.96. The fraction of sp³-hybridized carbons (Fsp3) is 0.238. The summed E-state index contributed by atoms with van der Waals surface area (Å²) in [5, 5.41) is 9.30. The summed E-state index contributed by atoms with van der Waals surface area (Å²) in [5.74, 6) is 0.608. The third kappa shape index (κ3) is 4.54. The third-order valence-corrected chi connectivity index (χ3v) is 4.13. The number of hydrogen-bond acceptors (Lipinski definition) is 5. The Kier molecular flexibility index (Phi) is 6.73. The number of aliphatic hydroxyl groups excluding tert-OH is 1. The summed E-state index contributed by atoms with van der Waals surface area (Å²) in [7, 11) is 0. The van der Waals surface area contributed by atoms with Crippen LogP contribution in [0.1, 0.15) is 24.5 Å². The van der Waals surface area contributed by atoms with Crippen molar-refractivity contribution in [3.8, 4) is 0 Å². The number of amidine groups is 1. The van der Waals surface area contributed by atoms with Gasteiger partial charge in [-0.3, -0.25) is 4.79 Å². The van der Waals surface area contributed by atoms with Gasteiger partial charge in [-0.2, -0.15) is 0 Å². The molecule has 1 heterocycles. The molecule has 1 aliphatic heterocycles. The van der Waals surface area contributed by atoms with E-state index in [0.29, 0.717) is 24.4 Å². The van der Waals surface area contributed by atoms with E-state index in [0.717, 1.165) is 22.4 Å². The highest BCUT2D eigenvalue weighted by Gasteiger charge is 2.34. The van der Waals surface area contributed by atoms with Crippen molar-refractivity contribution in [2.45, 2.75) is 20.3 Å². The number of nitrogens with zero attached hydrogens (tertiary/aromatic N) is 2. The van der Waals surface area contributed by atoms with Gasteiger partial charge in [0.15, 0.2) is 5.78 Å². The Bertz CT molecular complexity index is 841. The summed E-state index contributed by atoms with van der Waals surface area (Å²) in [4.78, 5) is 17.8. The zero-order valence-electron chi connectivity index (χ0n) is 15.8. The van der Waals surface area contributed by atoms with Crippen LogP contribution in [0.3, 0.4) is 0 Å². The molecule has 5 N–H and O–H groups in total. The maximum absolute atomic E-state index is 11.6. The van der Waals surface area contributed by atoms with Crippen molar-refractivity contribution in [1.29, 1.82) is 0 Å². The molecule has 0 saturated carbocycles. The molecule has 142 valence electrons. The lowest BCUT2D eigenvalue weighted by Crippen LogP contribution is -2.29. The molecule has 1 aromatic carbocycles. The van der Waals surface area contributed by atoms with Crippen LogP contribution in [-0.4, -0.2) is 34.8 Å². The van der Waals surface area contributed by atoms with Crippen molar-refractivity contribution >= 4 is 17.2 Å². The standard InChI is InChI=1S/C21H26N4O2/c1-4-24-21-19(20(22)23)18(16-9-6-14(2)7-10-16)17(11-8-15(3)27)25(21)12-5-13-26/h4,6-11,26H,1,5,12-13,22-23H2,2-3H3/b11-8+,24-21+. The van der Waals surface area contributed by atoms with E-state index in [1.807, 2.05) is 36.1 Å². The summed E-state index contributed by atoms with van der Waals surface area (Å²) in [6.07, 6.45) is 5.18. The van der Waals surface area contributed by atoms with E-state index >= 15 is 0 Å². The Balaban J connectivity index is 2.79. The Labute approximate surface area is 159 Å². The fourth-order valence-corrected chi connectivity index (χ4v) is 2.96. The van der Waals surface area contributed by atoms with E-state index < -0.39 is 0 Å². The van der Waals surface area contributed by atoms with Gasteiger partial charge in [0.1, 0.15) is 11.7 Å². The summed E-state index contributed by atoms with van der Waals surface area (Å²) in [6, 6.07) is 7.96. The van der Waals surface area contributed by atoms with Crippen molar-refractivity contribution in [3.05, 3.63) is 77.4 Å². The van der Waals surface area contributed by atoms with Crippen molar-refractivity contribution in [3.63, 3.8) is 0 Å². The maximum Gasteiger partial charge on any atom is 0.152 e. The zero-order chi connectivity index (χ0) is 20.0. The normalized spacial score (nSPS) is 15.9. The number of ketones is 1. The van der Waals surface area contributed by atoms with Gasteiger partial charge in [0, 0.05) is 24.9 Å². The SMILES string of the molecule is C=C/N=C1\C(=C(N)N)C(c2ccc(C)cc2)=C(/C=C/C(C)=O)N1CCCO. The molecule has 0 amide bonds. The average Bonchev–Trinajstić information content (AvgIpc) is 2.92. The number of carbonyl (C=O) groups is 1. The molecule has 0 aliphatic carbocycles. The Hall–Kier alpha value is -3.12. The molecule has 27 heavy (non-hydrogen) atoms. The number of carbonyl (C=O) groups excluding carboxylic acids is 1. The van der Waals surface area contributed by atoms with Crippen LogP contribution in [0.25, 0.3) is 5.57 Å². The minimum absolute atomic E-state index is 0.0264. The topological polar surface area (TPSA) is 105 Å². The third-order valence-electron chi connectivity index (χ3n) is 4.13. The second-order valence-corrected chi connectivity index (χ2v) is 6.26. The van der Waals surface area contributed by atoms with Crippen LogP contribution >= 0.6 is 0 Å². The number of rotatable bonds is 7. The van der Waals surface area contributed by atoms with Crippen LogP contribution in [0.4, 0.5) is 0 Å². The molecule has 1 aromatic rings. The lowest BCUT2D eigenvalue weighted by Gasteiger charge is -2.21. The summed E-state index contributed by atoms with van der Waals surface area (Å²) < 4.78 is 0. The van der Waals surface area contributed by atoms with E-state index in [9.17, 15) is 9.90 Å².